The van der Waals surface area contributed by atoms with Gasteiger partial charge in [-0.2, -0.15) is 4.57 Å². The molecule has 0 aliphatic heterocycles. The summed E-state index contributed by atoms with van der Waals surface area (Å²) in [5, 5.41) is 10.4. The fourth-order valence-electron chi connectivity index (χ4n) is 1.68. The summed E-state index contributed by atoms with van der Waals surface area (Å²) in [5.74, 6) is -0.0520. The number of carbonyl (C=O) groups is 1. The maximum Gasteiger partial charge on any atom is 0.251 e. The molecule has 0 unspecified atom stereocenters. The Balaban J connectivity index is 2.11. The van der Waals surface area contributed by atoms with Gasteiger partial charge in [-0.25, -0.2) is 4.98 Å². The van der Waals surface area contributed by atoms with Gasteiger partial charge < -0.3 is 0 Å². The lowest BCUT2D eigenvalue weighted by Gasteiger charge is -1.98. The molecule has 0 aliphatic rings. The number of Topliss-reactive ketones (excluding diaryl/α,β-unsaturated/α-hetero) is 1. The Bertz CT molecular complexity index is 599. The number of nitrogens with zero attached hydrogens (tertiary/aromatic N) is 3. The molecule has 1 heterocycles. The highest BCUT2D eigenvalue weighted by Crippen LogP contribution is 2.00. The van der Waals surface area contributed by atoms with Crippen LogP contribution >= 0.6 is 0 Å². The van der Waals surface area contributed by atoms with E-state index in [9.17, 15) is 14.9 Å². The molecule has 0 radical (unpaired) electrons. The SMILES string of the molecule is O=C(C[n+]1ccnc(C[N+](=O)[O-])c1)c1ccccc1. The topological polar surface area (TPSA) is 77.0 Å². The van der Waals surface area contributed by atoms with Crippen molar-refractivity contribution >= 4 is 5.78 Å². The predicted octanol–water partition coefficient (Wildman–Crippen LogP) is 1.03. The number of benzene rings is 1. The monoisotopic (exact) mass is 258 g/mol. The Morgan fingerprint density at radius 1 is 1.32 bits per heavy atom. The highest BCUT2D eigenvalue weighted by Gasteiger charge is 2.14. The molecule has 0 saturated heterocycles. The number of hydrogen-bond donors (Lipinski definition) is 0. The number of carbonyl (C=O) groups excluding carboxylic acids is 1. The van der Waals surface area contributed by atoms with Crippen LogP contribution < -0.4 is 4.57 Å². The zero-order valence-electron chi connectivity index (χ0n) is 10.1. The molecule has 19 heavy (non-hydrogen) atoms. The molecule has 0 bridgehead atoms. The maximum absolute atomic E-state index is 12.0. The normalized spacial score (nSPS) is 10.1. The van der Waals surface area contributed by atoms with Crippen LogP contribution in [-0.2, 0) is 13.1 Å². The van der Waals surface area contributed by atoms with Gasteiger partial charge in [0.2, 0.25) is 12.3 Å². The van der Waals surface area contributed by atoms with Crippen molar-refractivity contribution in [3.05, 3.63) is 70.3 Å². The summed E-state index contributed by atoms with van der Waals surface area (Å²) < 4.78 is 1.60. The van der Waals surface area contributed by atoms with Crippen LogP contribution in [0.4, 0.5) is 0 Å². The van der Waals surface area contributed by atoms with E-state index in [0.29, 0.717) is 11.3 Å². The van der Waals surface area contributed by atoms with E-state index in [2.05, 4.69) is 4.98 Å². The van der Waals surface area contributed by atoms with E-state index in [-0.39, 0.29) is 18.9 Å². The smallest absolute Gasteiger partial charge is 0.251 e. The van der Waals surface area contributed by atoms with Crippen LogP contribution in [0.1, 0.15) is 16.1 Å². The second-order valence-corrected chi connectivity index (χ2v) is 4.00. The molecular weight excluding hydrogens is 246 g/mol. The zero-order chi connectivity index (χ0) is 13.7. The van der Waals surface area contributed by atoms with E-state index in [1.54, 1.807) is 35.0 Å². The highest BCUT2D eigenvalue weighted by molar-refractivity contribution is 5.94. The standard InChI is InChI=1S/C13H12N3O3/c17-13(11-4-2-1-3-5-11)10-15-7-6-14-12(8-15)9-16(18)19/h1-8H,9-10H2/q+1. The van der Waals surface area contributed by atoms with Gasteiger partial charge in [-0.15, -0.1) is 0 Å². The van der Waals surface area contributed by atoms with Gasteiger partial charge in [-0.1, -0.05) is 30.3 Å². The fourth-order valence-corrected chi connectivity index (χ4v) is 1.68. The lowest BCUT2D eigenvalue weighted by molar-refractivity contribution is -0.684. The summed E-state index contributed by atoms with van der Waals surface area (Å²) >= 11 is 0. The lowest BCUT2D eigenvalue weighted by atomic mass is 10.1. The quantitative estimate of drug-likeness (QED) is 0.347. The Kier molecular flexibility index (Phi) is 3.92. The maximum atomic E-state index is 12.0. The molecule has 0 atom stereocenters. The fraction of sp³-hybridized carbons (Fsp3) is 0.154. The average molecular weight is 258 g/mol. The Labute approximate surface area is 109 Å². The van der Waals surface area contributed by atoms with Crippen molar-refractivity contribution in [1.29, 1.82) is 0 Å². The summed E-state index contributed by atoms with van der Waals surface area (Å²) in [6, 6.07) is 8.90. The largest absolute Gasteiger partial charge is 0.287 e. The van der Waals surface area contributed by atoms with E-state index in [1.807, 2.05) is 6.07 Å². The minimum atomic E-state index is -0.453. The molecule has 6 nitrogen and oxygen atoms in total. The van der Waals surface area contributed by atoms with Crippen LogP contribution in [0.15, 0.2) is 48.9 Å². The van der Waals surface area contributed by atoms with Crippen molar-refractivity contribution in [3.63, 3.8) is 0 Å². The number of nitro groups is 1. The number of hydrogen-bond acceptors (Lipinski definition) is 4. The second kappa shape index (κ2) is 5.81. The Morgan fingerprint density at radius 3 is 2.74 bits per heavy atom. The average Bonchev–Trinajstić information content (AvgIpc) is 2.39. The summed E-state index contributed by atoms with van der Waals surface area (Å²) in [4.78, 5) is 25.8. The van der Waals surface area contributed by atoms with Crippen LogP contribution in [0.25, 0.3) is 0 Å². The Hall–Kier alpha value is -2.63. The minimum absolute atomic E-state index is 0.0520. The highest BCUT2D eigenvalue weighted by atomic mass is 16.6. The minimum Gasteiger partial charge on any atom is -0.287 e. The van der Waals surface area contributed by atoms with Crippen molar-refractivity contribution in [2.75, 3.05) is 0 Å². The van der Waals surface area contributed by atoms with Crippen molar-refractivity contribution in [2.45, 2.75) is 13.1 Å². The first kappa shape index (κ1) is 12.8. The van der Waals surface area contributed by atoms with Crippen LogP contribution in [0, 0.1) is 10.1 Å². The molecule has 0 saturated carbocycles. The van der Waals surface area contributed by atoms with Gasteiger partial charge in [0, 0.05) is 10.5 Å². The van der Waals surface area contributed by atoms with Crippen LogP contribution in [0.2, 0.25) is 0 Å². The van der Waals surface area contributed by atoms with Gasteiger partial charge in [0.1, 0.15) is 0 Å². The molecular formula is C13H12N3O3+. The summed E-state index contributed by atoms with van der Waals surface area (Å²) in [7, 11) is 0. The molecule has 0 N–H and O–H groups in total. The molecule has 6 heteroatoms. The third-order valence-corrected chi connectivity index (χ3v) is 2.53. The molecule has 1 aromatic heterocycles. The summed E-state index contributed by atoms with van der Waals surface area (Å²) in [5.41, 5.74) is 0.941. The van der Waals surface area contributed by atoms with E-state index < -0.39 is 4.92 Å². The molecule has 0 aliphatic carbocycles. The molecule has 0 spiro atoms. The summed E-state index contributed by atoms with van der Waals surface area (Å²) in [6.07, 6.45) is 4.59. The third kappa shape index (κ3) is 3.67. The van der Waals surface area contributed by atoms with Gasteiger partial charge in [0.15, 0.2) is 18.1 Å². The van der Waals surface area contributed by atoms with Crippen molar-refractivity contribution in [2.24, 2.45) is 0 Å². The first-order valence-electron chi connectivity index (χ1n) is 5.69. The molecule has 0 amide bonds. The van der Waals surface area contributed by atoms with Gasteiger partial charge in [-0.3, -0.25) is 14.9 Å². The molecule has 96 valence electrons. The molecule has 2 aromatic rings. The second-order valence-electron chi connectivity index (χ2n) is 4.00. The van der Waals surface area contributed by atoms with E-state index in [4.69, 9.17) is 0 Å². The third-order valence-electron chi connectivity index (χ3n) is 2.53. The van der Waals surface area contributed by atoms with Gasteiger partial charge in [0.05, 0.1) is 6.20 Å². The van der Waals surface area contributed by atoms with E-state index in [1.165, 1.54) is 12.4 Å². The zero-order valence-corrected chi connectivity index (χ0v) is 10.1. The molecule has 0 fully saturated rings. The van der Waals surface area contributed by atoms with Crippen molar-refractivity contribution < 1.29 is 14.3 Å². The van der Waals surface area contributed by atoms with Crippen molar-refractivity contribution in [3.8, 4) is 0 Å². The van der Waals surface area contributed by atoms with Crippen LogP contribution in [0.5, 0.6) is 0 Å². The van der Waals surface area contributed by atoms with Gasteiger partial charge in [-0.05, 0) is 0 Å². The van der Waals surface area contributed by atoms with E-state index in [0.717, 1.165) is 0 Å². The lowest BCUT2D eigenvalue weighted by Crippen LogP contribution is -2.38. The first-order valence-corrected chi connectivity index (χ1v) is 5.69. The van der Waals surface area contributed by atoms with Crippen LogP contribution in [0.3, 0.4) is 0 Å². The van der Waals surface area contributed by atoms with Gasteiger partial charge >= 0.3 is 0 Å². The van der Waals surface area contributed by atoms with E-state index >= 15 is 0 Å². The Morgan fingerprint density at radius 2 is 2.05 bits per heavy atom. The molecule has 1 aromatic carbocycles. The van der Waals surface area contributed by atoms with Crippen molar-refractivity contribution in [1.82, 2.24) is 4.98 Å². The predicted molar refractivity (Wildman–Crippen MR) is 65.9 cm³/mol. The number of aromatic nitrogens is 2. The van der Waals surface area contributed by atoms with Gasteiger partial charge in [0.25, 0.3) is 6.54 Å². The molecule has 2 rings (SSSR count). The van der Waals surface area contributed by atoms with Crippen LogP contribution in [-0.4, -0.2) is 15.7 Å². The summed E-state index contributed by atoms with van der Waals surface area (Å²) in [6.45, 7) is -0.211. The number of rotatable bonds is 5. The number of ketones is 1. The first-order chi connectivity index (χ1) is 9.15.